The maximum absolute atomic E-state index is 11.5. The van der Waals surface area contributed by atoms with E-state index in [-0.39, 0.29) is 11.8 Å². The molecule has 1 atom stereocenters. The molecule has 2 rings (SSSR count). The van der Waals surface area contributed by atoms with Crippen molar-refractivity contribution < 1.29 is 14.6 Å². The molecule has 0 spiro atoms. The molecule has 0 heterocycles. The Kier molecular flexibility index (Phi) is 4.24. The van der Waals surface area contributed by atoms with Crippen molar-refractivity contribution in [3.8, 4) is 5.75 Å². The van der Waals surface area contributed by atoms with Crippen LogP contribution in [0.5, 0.6) is 5.75 Å². The number of hydrogen-bond donors (Lipinski definition) is 1. The second-order valence-electron chi connectivity index (χ2n) is 4.87. The van der Waals surface area contributed by atoms with Crippen LogP contribution in [0, 0.1) is 5.92 Å². The number of benzene rings is 1. The van der Waals surface area contributed by atoms with E-state index in [2.05, 4.69) is 0 Å². The SMILES string of the molecule is CCOc1cccc(C(C(=O)O)C2CCCC2)c1. The van der Waals surface area contributed by atoms with Gasteiger partial charge in [0, 0.05) is 0 Å². The minimum absolute atomic E-state index is 0.277. The normalized spacial score (nSPS) is 17.6. The summed E-state index contributed by atoms with van der Waals surface area (Å²) < 4.78 is 5.45. The molecule has 1 aromatic rings. The lowest BCUT2D eigenvalue weighted by atomic mass is 9.85. The molecule has 3 heteroatoms. The molecule has 0 saturated heterocycles. The highest BCUT2D eigenvalue weighted by Crippen LogP contribution is 2.38. The van der Waals surface area contributed by atoms with Crippen LogP contribution in [0.3, 0.4) is 0 Å². The van der Waals surface area contributed by atoms with Gasteiger partial charge in [0.1, 0.15) is 5.75 Å². The topological polar surface area (TPSA) is 46.5 Å². The Morgan fingerprint density at radius 2 is 2.17 bits per heavy atom. The summed E-state index contributed by atoms with van der Waals surface area (Å²) in [6.45, 7) is 2.53. The Bertz CT molecular complexity index is 408. The van der Waals surface area contributed by atoms with Gasteiger partial charge < -0.3 is 9.84 Å². The molecule has 18 heavy (non-hydrogen) atoms. The smallest absolute Gasteiger partial charge is 0.311 e. The fourth-order valence-corrected chi connectivity index (χ4v) is 2.87. The number of rotatable bonds is 5. The lowest BCUT2D eigenvalue weighted by Crippen LogP contribution is -2.19. The van der Waals surface area contributed by atoms with Gasteiger partial charge in [-0.3, -0.25) is 4.79 Å². The Balaban J connectivity index is 2.24. The first-order valence-electron chi connectivity index (χ1n) is 6.68. The highest BCUT2D eigenvalue weighted by atomic mass is 16.5. The fourth-order valence-electron chi connectivity index (χ4n) is 2.87. The monoisotopic (exact) mass is 248 g/mol. The summed E-state index contributed by atoms with van der Waals surface area (Å²) >= 11 is 0. The Labute approximate surface area is 108 Å². The first-order chi connectivity index (χ1) is 8.72. The van der Waals surface area contributed by atoms with E-state index in [0.717, 1.165) is 37.0 Å². The molecule has 1 aromatic carbocycles. The van der Waals surface area contributed by atoms with Crippen LogP contribution < -0.4 is 4.74 Å². The summed E-state index contributed by atoms with van der Waals surface area (Å²) in [5, 5.41) is 9.47. The zero-order valence-electron chi connectivity index (χ0n) is 10.8. The Morgan fingerprint density at radius 3 is 2.78 bits per heavy atom. The van der Waals surface area contributed by atoms with E-state index in [1.807, 2.05) is 31.2 Å². The van der Waals surface area contributed by atoms with Crippen LogP contribution in [0.2, 0.25) is 0 Å². The first kappa shape index (κ1) is 12.9. The van der Waals surface area contributed by atoms with E-state index >= 15 is 0 Å². The molecular weight excluding hydrogens is 228 g/mol. The predicted octanol–water partition coefficient (Wildman–Crippen LogP) is 3.44. The molecule has 3 nitrogen and oxygen atoms in total. The number of hydrogen-bond acceptors (Lipinski definition) is 2. The Morgan fingerprint density at radius 1 is 1.44 bits per heavy atom. The van der Waals surface area contributed by atoms with Gasteiger partial charge in [0.05, 0.1) is 12.5 Å². The number of aliphatic carboxylic acids is 1. The highest BCUT2D eigenvalue weighted by Gasteiger charge is 2.31. The number of carboxylic acids is 1. The summed E-state index contributed by atoms with van der Waals surface area (Å²) in [5.74, 6) is -0.0536. The van der Waals surface area contributed by atoms with Gasteiger partial charge in [0.2, 0.25) is 0 Å². The standard InChI is InChI=1S/C15H20O3/c1-2-18-13-9-5-8-12(10-13)14(15(16)17)11-6-3-4-7-11/h5,8-11,14H,2-4,6-7H2,1H3,(H,16,17). The van der Waals surface area contributed by atoms with Crippen LogP contribution in [0.4, 0.5) is 0 Å². The zero-order chi connectivity index (χ0) is 13.0. The molecule has 0 aromatic heterocycles. The van der Waals surface area contributed by atoms with E-state index in [9.17, 15) is 9.90 Å². The van der Waals surface area contributed by atoms with Crippen molar-refractivity contribution >= 4 is 5.97 Å². The minimum atomic E-state index is -0.712. The second kappa shape index (κ2) is 5.89. The van der Waals surface area contributed by atoms with E-state index in [4.69, 9.17) is 4.74 Å². The van der Waals surface area contributed by atoms with E-state index in [1.165, 1.54) is 0 Å². The lowest BCUT2D eigenvalue weighted by Gasteiger charge is -2.20. The number of carbonyl (C=O) groups is 1. The van der Waals surface area contributed by atoms with Gasteiger partial charge in [-0.05, 0) is 43.4 Å². The molecule has 1 aliphatic carbocycles. The van der Waals surface area contributed by atoms with Gasteiger partial charge in [0.25, 0.3) is 0 Å². The lowest BCUT2D eigenvalue weighted by molar-refractivity contribution is -0.140. The van der Waals surface area contributed by atoms with Crippen molar-refractivity contribution in [2.24, 2.45) is 5.92 Å². The van der Waals surface area contributed by atoms with Crippen LogP contribution in [0.15, 0.2) is 24.3 Å². The molecule has 1 unspecified atom stereocenters. The average Bonchev–Trinajstić information content (AvgIpc) is 2.83. The van der Waals surface area contributed by atoms with Crippen LogP contribution in [0.25, 0.3) is 0 Å². The molecule has 98 valence electrons. The molecular formula is C15H20O3. The van der Waals surface area contributed by atoms with Crippen LogP contribution >= 0.6 is 0 Å². The molecule has 0 aliphatic heterocycles. The summed E-state index contributed by atoms with van der Waals surface area (Å²) in [5.41, 5.74) is 0.875. The van der Waals surface area contributed by atoms with Crippen molar-refractivity contribution in [1.82, 2.24) is 0 Å². The van der Waals surface area contributed by atoms with E-state index in [0.29, 0.717) is 6.61 Å². The van der Waals surface area contributed by atoms with E-state index in [1.54, 1.807) is 0 Å². The molecule has 0 bridgehead atoms. The quantitative estimate of drug-likeness (QED) is 0.868. The number of carboxylic acid groups (broad SMARTS) is 1. The predicted molar refractivity (Wildman–Crippen MR) is 69.9 cm³/mol. The van der Waals surface area contributed by atoms with Crippen molar-refractivity contribution in [3.63, 3.8) is 0 Å². The average molecular weight is 248 g/mol. The van der Waals surface area contributed by atoms with Crippen molar-refractivity contribution in [3.05, 3.63) is 29.8 Å². The summed E-state index contributed by atoms with van der Waals surface area (Å²) in [7, 11) is 0. The third-order valence-electron chi connectivity index (χ3n) is 3.67. The first-order valence-corrected chi connectivity index (χ1v) is 6.68. The van der Waals surface area contributed by atoms with Crippen LogP contribution in [-0.2, 0) is 4.79 Å². The van der Waals surface area contributed by atoms with Gasteiger partial charge in [-0.2, -0.15) is 0 Å². The molecule has 0 amide bonds. The fraction of sp³-hybridized carbons (Fsp3) is 0.533. The van der Waals surface area contributed by atoms with Crippen molar-refractivity contribution in [1.29, 1.82) is 0 Å². The molecule has 1 saturated carbocycles. The number of ether oxygens (including phenoxy) is 1. The van der Waals surface area contributed by atoms with Gasteiger partial charge in [-0.1, -0.05) is 25.0 Å². The summed E-state index contributed by atoms with van der Waals surface area (Å²) in [6, 6.07) is 7.53. The third kappa shape index (κ3) is 2.84. The highest BCUT2D eigenvalue weighted by molar-refractivity contribution is 5.76. The maximum Gasteiger partial charge on any atom is 0.311 e. The third-order valence-corrected chi connectivity index (χ3v) is 3.67. The summed E-state index contributed by atoms with van der Waals surface area (Å²) in [6.07, 6.45) is 4.35. The van der Waals surface area contributed by atoms with Gasteiger partial charge >= 0.3 is 5.97 Å². The largest absolute Gasteiger partial charge is 0.494 e. The van der Waals surface area contributed by atoms with Crippen molar-refractivity contribution in [2.45, 2.75) is 38.5 Å². The molecule has 1 N–H and O–H groups in total. The minimum Gasteiger partial charge on any atom is -0.494 e. The Hall–Kier alpha value is -1.51. The molecule has 1 aliphatic rings. The van der Waals surface area contributed by atoms with Crippen LogP contribution in [-0.4, -0.2) is 17.7 Å². The summed E-state index contributed by atoms with van der Waals surface area (Å²) in [4.78, 5) is 11.5. The maximum atomic E-state index is 11.5. The van der Waals surface area contributed by atoms with Gasteiger partial charge in [0.15, 0.2) is 0 Å². The second-order valence-corrected chi connectivity index (χ2v) is 4.87. The zero-order valence-corrected chi connectivity index (χ0v) is 10.8. The van der Waals surface area contributed by atoms with Gasteiger partial charge in [-0.25, -0.2) is 0 Å². The van der Waals surface area contributed by atoms with Crippen molar-refractivity contribution in [2.75, 3.05) is 6.61 Å². The van der Waals surface area contributed by atoms with Gasteiger partial charge in [-0.15, -0.1) is 0 Å². The molecule has 0 radical (unpaired) electrons. The molecule has 1 fully saturated rings. The van der Waals surface area contributed by atoms with Crippen LogP contribution in [0.1, 0.15) is 44.1 Å². The van der Waals surface area contributed by atoms with E-state index < -0.39 is 5.97 Å².